The normalized spacial score (nSPS) is 28.7. The molecule has 0 radical (unpaired) electrons. The third-order valence-corrected chi connectivity index (χ3v) is 3.96. The summed E-state index contributed by atoms with van der Waals surface area (Å²) in [6.07, 6.45) is 5.46. The molecule has 0 spiro atoms. The van der Waals surface area contributed by atoms with Gasteiger partial charge in [-0.1, -0.05) is 0 Å². The highest BCUT2D eigenvalue weighted by Gasteiger charge is 2.36. The van der Waals surface area contributed by atoms with Crippen molar-refractivity contribution in [1.82, 2.24) is 10.2 Å². The largest absolute Gasteiger partial charge is 0.356 e. The quantitative estimate of drug-likeness (QED) is 0.724. The second kappa shape index (κ2) is 5.15. The highest BCUT2D eigenvalue weighted by Crippen LogP contribution is 2.35. The molecule has 16 heavy (non-hydrogen) atoms. The molecular formula is C12H23N3O. The van der Waals surface area contributed by atoms with E-state index in [4.69, 9.17) is 5.73 Å². The Balaban J connectivity index is 1.95. The van der Waals surface area contributed by atoms with E-state index in [1.807, 2.05) is 0 Å². The lowest BCUT2D eigenvalue weighted by Gasteiger charge is -2.33. The number of hydrogen-bond acceptors (Lipinski definition) is 3. The average Bonchev–Trinajstić information content (AvgIpc) is 3.06. The molecule has 0 aromatic rings. The fourth-order valence-electron chi connectivity index (χ4n) is 2.74. The van der Waals surface area contributed by atoms with Gasteiger partial charge in [0.15, 0.2) is 0 Å². The third-order valence-electron chi connectivity index (χ3n) is 3.96. The monoisotopic (exact) mass is 225 g/mol. The number of nitrogens with zero attached hydrogens (tertiary/aromatic N) is 1. The van der Waals surface area contributed by atoms with Gasteiger partial charge in [0.25, 0.3) is 0 Å². The molecule has 1 saturated carbocycles. The summed E-state index contributed by atoms with van der Waals surface area (Å²) >= 11 is 0. The highest BCUT2D eigenvalue weighted by atomic mass is 16.1. The number of hydrogen-bond donors (Lipinski definition) is 2. The predicted molar refractivity (Wildman–Crippen MR) is 64.0 cm³/mol. The minimum atomic E-state index is 0.195. The van der Waals surface area contributed by atoms with Crippen LogP contribution in [0, 0.1) is 5.92 Å². The Morgan fingerprint density at radius 2 is 2.25 bits per heavy atom. The van der Waals surface area contributed by atoms with Crippen LogP contribution in [0.4, 0.5) is 0 Å². The molecular weight excluding hydrogens is 202 g/mol. The van der Waals surface area contributed by atoms with Crippen LogP contribution in [-0.4, -0.2) is 43.0 Å². The standard InChI is InChI=1S/C12H23N3O/c1-15(11(8-13)9-4-5-9)10-3-2-6-14-12(16)7-10/h9-11H,2-8,13H2,1H3,(H,14,16). The number of carbonyl (C=O) groups excluding carboxylic acids is 1. The van der Waals surface area contributed by atoms with Gasteiger partial charge in [0.1, 0.15) is 0 Å². The van der Waals surface area contributed by atoms with Crippen molar-refractivity contribution in [2.45, 2.75) is 44.2 Å². The number of nitrogens with one attached hydrogen (secondary N) is 1. The molecule has 3 N–H and O–H groups in total. The summed E-state index contributed by atoms with van der Waals surface area (Å²) < 4.78 is 0. The van der Waals surface area contributed by atoms with Crippen molar-refractivity contribution in [1.29, 1.82) is 0 Å². The molecule has 1 amide bonds. The molecule has 4 nitrogen and oxygen atoms in total. The van der Waals surface area contributed by atoms with Gasteiger partial charge >= 0.3 is 0 Å². The van der Waals surface area contributed by atoms with Crippen LogP contribution in [0.15, 0.2) is 0 Å². The summed E-state index contributed by atoms with van der Waals surface area (Å²) in [6.45, 7) is 1.55. The topological polar surface area (TPSA) is 58.4 Å². The van der Waals surface area contributed by atoms with Gasteiger partial charge in [0, 0.05) is 31.6 Å². The molecule has 2 atom stereocenters. The first kappa shape index (κ1) is 11.9. The molecule has 4 heteroatoms. The van der Waals surface area contributed by atoms with E-state index >= 15 is 0 Å². The predicted octanol–water partition coefficient (Wildman–Crippen LogP) is 0.324. The first-order valence-electron chi connectivity index (χ1n) is 6.41. The second-order valence-electron chi connectivity index (χ2n) is 5.16. The Bertz CT molecular complexity index is 253. The highest BCUT2D eigenvalue weighted by molar-refractivity contribution is 5.76. The maximum atomic E-state index is 11.5. The van der Waals surface area contributed by atoms with E-state index in [1.54, 1.807) is 0 Å². The summed E-state index contributed by atoms with van der Waals surface area (Å²) in [6, 6.07) is 0.868. The Kier molecular flexibility index (Phi) is 3.82. The smallest absolute Gasteiger partial charge is 0.221 e. The van der Waals surface area contributed by atoms with Crippen molar-refractivity contribution in [2.24, 2.45) is 11.7 Å². The van der Waals surface area contributed by atoms with E-state index in [-0.39, 0.29) is 5.91 Å². The minimum Gasteiger partial charge on any atom is -0.356 e. The fraction of sp³-hybridized carbons (Fsp3) is 0.917. The summed E-state index contributed by atoms with van der Waals surface area (Å²) in [5, 5.41) is 2.93. The molecule has 1 aliphatic carbocycles. The summed E-state index contributed by atoms with van der Waals surface area (Å²) in [5.41, 5.74) is 5.85. The van der Waals surface area contributed by atoms with Crippen LogP contribution in [0.5, 0.6) is 0 Å². The van der Waals surface area contributed by atoms with E-state index in [9.17, 15) is 4.79 Å². The zero-order valence-electron chi connectivity index (χ0n) is 10.1. The van der Waals surface area contributed by atoms with Crippen molar-refractivity contribution >= 4 is 5.91 Å². The van der Waals surface area contributed by atoms with Crippen LogP contribution < -0.4 is 11.1 Å². The van der Waals surface area contributed by atoms with Crippen LogP contribution in [0.3, 0.4) is 0 Å². The van der Waals surface area contributed by atoms with Crippen molar-refractivity contribution in [3.63, 3.8) is 0 Å². The lowest BCUT2D eigenvalue weighted by Crippen LogP contribution is -2.46. The maximum Gasteiger partial charge on any atom is 0.221 e. The maximum absolute atomic E-state index is 11.5. The van der Waals surface area contributed by atoms with E-state index in [0.717, 1.165) is 31.8 Å². The summed E-state index contributed by atoms with van der Waals surface area (Å²) in [5.74, 6) is 0.974. The third kappa shape index (κ3) is 2.74. The molecule has 92 valence electrons. The molecule has 1 heterocycles. The van der Waals surface area contributed by atoms with E-state index in [2.05, 4.69) is 17.3 Å². The van der Waals surface area contributed by atoms with Crippen LogP contribution in [0.25, 0.3) is 0 Å². The van der Waals surface area contributed by atoms with Gasteiger partial charge in [-0.3, -0.25) is 9.69 Å². The molecule has 2 aliphatic rings. The van der Waals surface area contributed by atoms with Crippen molar-refractivity contribution in [3.8, 4) is 0 Å². The van der Waals surface area contributed by atoms with Crippen molar-refractivity contribution in [2.75, 3.05) is 20.1 Å². The molecule has 0 aromatic heterocycles. The lowest BCUT2D eigenvalue weighted by atomic mass is 10.0. The summed E-state index contributed by atoms with van der Waals surface area (Å²) in [4.78, 5) is 13.9. The van der Waals surface area contributed by atoms with Crippen molar-refractivity contribution < 1.29 is 4.79 Å². The fourth-order valence-corrected chi connectivity index (χ4v) is 2.74. The van der Waals surface area contributed by atoms with Crippen LogP contribution in [0.2, 0.25) is 0 Å². The van der Waals surface area contributed by atoms with Gasteiger partial charge in [-0.2, -0.15) is 0 Å². The minimum absolute atomic E-state index is 0.195. The van der Waals surface area contributed by atoms with Crippen molar-refractivity contribution in [3.05, 3.63) is 0 Å². The Labute approximate surface area is 97.6 Å². The Morgan fingerprint density at radius 1 is 1.50 bits per heavy atom. The number of amides is 1. The molecule has 2 unspecified atom stereocenters. The number of carbonyl (C=O) groups is 1. The van der Waals surface area contributed by atoms with Crippen LogP contribution in [0.1, 0.15) is 32.1 Å². The van der Waals surface area contributed by atoms with E-state index in [1.165, 1.54) is 12.8 Å². The van der Waals surface area contributed by atoms with Gasteiger partial charge in [0.05, 0.1) is 0 Å². The lowest BCUT2D eigenvalue weighted by molar-refractivity contribution is -0.121. The number of nitrogens with two attached hydrogens (primary N) is 1. The Hall–Kier alpha value is -0.610. The van der Waals surface area contributed by atoms with Gasteiger partial charge in [0.2, 0.25) is 5.91 Å². The first-order chi connectivity index (χ1) is 7.72. The molecule has 0 bridgehead atoms. The molecule has 2 fully saturated rings. The van der Waals surface area contributed by atoms with E-state index in [0.29, 0.717) is 18.5 Å². The van der Waals surface area contributed by atoms with Gasteiger partial charge in [-0.25, -0.2) is 0 Å². The van der Waals surface area contributed by atoms with Crippen LogP contribution in [-0.2, 0) is 4.79 Å². The van der Waals surface area contributed by atoms with E-state index < -0.39 is 0 Å². The second-order valence-corrected chi connectivity index (χ2v) is 5.16. The zero-order valence-corrected chi connectivity index (χ0v) is 10.1. The Morgan fingerprint density at radius 3 is 2.88 bits per heavy atom. The molecule has 2 rings (SSSR count). The van der Waals surface area contributed by atoms with Crippen LogP contribution >= 0.6 is 0 Å². The average molecular weight is 225 g/mol. The first-order valence-corrected chi connectivity index (χ1v) is 6.41. The number of likely N-dealkylation sites (N-methyl/N-ethyl adjacent to an activating group) is 1. The SMILES string of the molecule is CN(C1CCCNC(=O)C1)C(CN)C1CC1. The van der Waals surface area contributed by atoms with Gasteiger partial charge in [-0.15, -0.1) is 0 Å². The summed E-state index contributed by atoms with van der Waals surface area (Å²) in [7, 11) is 2.14. The van der Waals surface area contributed by atoms with Gasteiger partial charge < -0.3 is 11.1 Å². The molecule has 1 aliphatic heterocycles. The molecule has 1 saturated heterocycles. The van der Waals surface area contributed by atoms with Gasteiger partial charge in [-0.05, 0) is 38.6 Å². The number of rotatable bonds is 4. The zero-order chi connectivity index (χ0) is 11.5. The molecule has 0 aromatic carbocycles.